The van der Waals surface area contributed by atoms with E-state index in [4.69, 9.17) is 14.2 Å². The molecule has 5 heteroatoms. The molecule has 1 aromatic carbocycles. The summed E-state index contributed by atoms with van der Waals surface area (Å²) in [5, 5.41) is 0. The summed E-state index contributed by atoms with van der Waals surface area (Å²) in [4.78, 5) is 10.9. The highest BCUT2D eigenvalue weighted by molar-refractivity contribution is 14.1. The highest BCUT2D eigenvalue weighted by Crippen LogP contribution is 2.32. The van der Waals surface area contributed by atoms with E-state index in [1.54, 1.807) is 14.2 Å². The van der Waals surface area contributed by atoms with Crippen LogP contribution in [-0.4, -0.2) is 26.3 Å². The molecule has 0 aromatic heterocycles. The Hall–Kier alpha value is -0.980. The Morgan fingerprint density at radius 3 is 2.17 bits per heavy atom. The van der Waals surface area contributed by atoms with Gasteiger partial charge in [0.1, 0.15) is 17.6 Å². The van der Waals surface area contributed by atoms with E-state index in [9.17, 15) is 4.79 Å². The number of benzene rings is 1. The smallest absolute Gasteiger partial charge is 0.302 e. The molecule has 1 aromatic rings. The van der Waals surface area contributed by atoms with Crippen LogP contribution in [-0.2, 0) is 16.0 Å². The number of methoxy groups -OCH3 is 2. The monoisotopic (exact) mass is 364 g/mol. The predicted molar refractivity (Wildman–Crippen MR) is 77.2 cm³/mol. The van der Waals surface area contributed by atoms with E-state index >= 15 is 0 Å². The van der Waals surface area contributed by atoms with E-state index in [1.807, 2.05) is 19.1 Å². The van der Waals surface area contributed by atoms with Crippen molar-refractivity contribution in [1.82, 2.24) is 0 Å². The lowest BCUT2D eigenvalue weighted by Crippen LogP contribution is -2.15. The summed E-state index contributed by atoms with van der Waals surface area (Å²) >= 11 is 2.18. The fraction of sp³-hybridized carbons (Fsp3) is 0.462. The lowest BCUT2D eigenvalue weighted by Gasteiger charge is -2.15. The van der Waals surface area contributed by atoms with Gasteiger partial charge in [-0.1, -0.05) is 0 Å². The zero-order valence-electron chi connectivity index (χ0n) is 11.0. The Bertz CT molecular complexity index is 406. The van der Waals surface area contributed by atoms with E-state index in [-0.39, 0.29) is 12.1 Å². The lowest BCUT2D eigenvalue weighted by molar-refractivity contribution is -0.145. The van der Waals surface area contributed by atoms with Crippen LogP contribution in [0.1, 0.15) is 19.4 Å². The Kier molecular flexibility index (Phi) is 5.71. The van der Waals surface area contributed by atoms with Gasteiger partial charge in [0, 0.05) is 13.3 Å². The topological polar surface area (TPSA) is 44.8 Å². The van der Waals surface area contributed by atoms with Crippen molar-refractivity contribution < 1.29 is 19.0 Å². The van der Waals surface area contributed by atoms with Gasteiger partial charge in [-0.05, 0) is 47.2 Å². The highest BCUT2D eigenvalue weighted by Gasteiger charge is 2.13. The predicted octanol–water partition coefficient (Wildman–Crippen LogP) is 2.80. The molecule has 18 heavy (non-hydrogen) atoms. The Morgan fingerprint density at radius 2 is 1.78 bits per heavy atom. The van der Waals surface area contributed by atoms with E-state index in [1.165, 1.54) is 6.92 Å². The molecule has 0 amide bonds. The van der Waals surface area contributed by atoms with Crippen molar-refractivity contribution in [3.63, 3.8) is 0 Å². The minimum atomic E-state index is -0.271. The van der Waals surface area contributed by atoms with Crippen molar-refractivity contribution in [3.8, 4) is 11.5 Å². The van der Waals surface area contributed by atoms with Gasteiger partial charge in [0.25, 0.3) is 0 Å². The Labute approximate surface area is 121 Å². The molecular weight excluding hydrogens is 347 g/mol. The lowest BCUT2D eigenvalue weighted by atomic mass is 10.1. The maximum atomic E-state index is 10.9. The second-order valence-electron chi connectivity index (χ2n) is 3.94. The fourth-order valence-electron chi connectivity index (χ4n) is 1.70. The molecule has 0 aliphatic rings. The largest absolute Gasteiger partial charge is 0.495 e. The summed E-state index contributed by atoms with van der Waals surface area (Å²) in [6.07, 6.45) is 0.459. The first-order valence-corrected chi connectivity index (χ1v) is 6.63. The molecule has 0 spiro atoms. The van der Waals surface area contributed by atoms with E-state index in [0.29, 0.717) is 6.42 Å². The third-order valence-electron chi connectivity index (χ3n) is 2.40. The number of rotatable bonds is 5. The summed E-state index contributed by atoms with van der Waals surface area (Å²) in [5.74, 6) is 1.26. The molecule has 0 aliphatic carbocycles. The summed E-state index contributed by atoms with van der Waals surface area (Å²) in [7, 11) is 3.24. The minimum Gasteiger partial charge on any atom is -0.495 e. The SMILES string of the molecule is COc1cc(C[C@H](C)OC(C)=O)cc(OC)c1I. The molecule has 0 radical (unpaired) electrons. The summed E-state index contributed by atoms with van der Waals surface area (Å²) < 4.78 is 16.6. The normalized spacial score (nSPS) is 11.8. The van der Waals surface area contributed by atoms with Crippen LogP contribution < -0.4 is 9.47 Å². The van der Waals surface area contributed by atoms with Crippen LogP contribution in [0.4, 0.5) is 0 Å². The van der Waals surface area contributed by atoms with Crippen LogP contribution in [0.5, 0.6) is 11.5 Å². The van der Waals surface area contributed by atoms with Crippen molar-refractivity contribution >= 4 is 28.6 Å². The van der Waals surface area contributed by atoms with Crippen molar-refractivity contribution in [3.05, 3.63) is 21.3 Å². The maximum Gasteiger partial charge on any atom is 0.302 e. The Balaban J connectivity index is 2.92. The second kappa shape index (κ2) is 6.82. The van der Waals surface area contributed by atoms with Crippen LogP contribution in [0.2, 0.25) is 0 Å². The number of halogens is 1. The summed E-state index contributed by atoms with van der Waals surface area (Å²) in [6.45, 7) is 3.27. The molecule has 0 saturated carbocycles. The maximum absolute atomic E-state index is 10.9. The van der Waals surface area contributed by atoms with Gasteiger partial charge in [-0.15, -0.1) is 0 Å². The average Bonchev–Trinajstić information content (AvgIpc) is 2.29. The molecule has 100 valence electrons. The molecule has 0 saturated heterocycles. The van der Waals surface area contributed by atoms with Crippen LogP contribution in [0.25, 0.3) is 0 Å². The number of ether oxygens (including phenoxy) is 3. The van der Waals surface area contributed by atoms with E-state index in [0.717, 1.165) is 20.6 Å². The van der Waals surface area contributed by atoms with Crippen LogP contribution >= 0.6 is 22.6 Å². The third kappa shape index (κ3) is 4.04. The van der Waals surface area contributed by atoms with Gasteiger partial charge in [-0.3, -0.25) is 4.79 Å². The zero-order chi connectivity index (χ0) is 13.7. The van der Waals surface area contributed by atoms with Gasteiger partial charge in [-0.2, -0.15) is 0 Å². The molecule has 1 rings (SSSR count). The molecule has 0 bridgehead atoms. The van der Waals surface area contributed by atoms with Gasteiger partial charge in [-0.25, -0.2) is 0 Å². The fourth-order valence-corrected chi connectivity index (χ4v) is 2.45. The minimum absolute atomic E-state index is 0.169. The van der Waals surface area contributed by atoms with Crippen molar-refractivity contribution in [1.29, 1.82) is 0 Å². The second-order valence-corrected chi connectivity index (χ2v) is 5.02. The number of esters is 1. The third-order valence-corrected chi connectivity index (χ3v) is 3.46. The van der Waals surface area contributed by atoms with Gasteiger partial charge in [0.15, 0.2) is 0 Å². The zero-order valence-corrected chi connectivity index (χ0v) is 13.1. The van der Waals surface area contributed by atoms with Crippen LogP contribution in [0.15, 0.2) is 12.1 Å². The quantitative estimate of drug-likeness (QED) is 0.596. The van der Waals surface area contributed by atoms with Crippen LogP contribution in [0.3, 0.4) is 0 Å². The first kappa shape index (κ1) is 15.1. The van der Waals surface area contributed by atoms with Gasteiger partial charge < -0.3 is 14.2 Å². The number of carbonyl (C=O) groups excluding carboxylic acids is 1. The molecule has 1 atom stereocenters. The average molecular weight is 364 g/mol. The molecule has 0 N–H and O–H groups in total. The summed E-state index contributed by atoms with van der Waals surface area (Å²) in [5.41, 5.74) is 1.01. The van der Waals surface area contributed by atoms with E-state index in [2.05, 4.69) is 22.6 Å². The van der Waals surface area contributed by atoms with E-state index < -0.39 is 0 Å². The number of carbonyl (C=O) groups is 1. The van der Waals surface area contributed by atoms with Gasteiger partial charge in [0.05, 0.1) is 17.8 Å². The first-order valence-electron chi connectivity index (χ1n) is 5.55. The molecule has 0 unspecified atom stereocenters. The Morgan fingerprint density at radius 1 is 1.28 bits per heavy atom. The van der Waals surface area contributed by atoms with Crippen molar-refractivity contribution in [2.24, 2.45) is 0 Å². The molecule has 4 nitrogen and oxygen atoms in total. The molecule has 0 fully saturated rings. The number of hydrogen-bond acceptors (Lipinski definition) is 4. The summed E-state index contributed by atoms with van der Waals surface area (Å²) in [6, 6.07) is 3.87. The highest BCUT2D eigenvalue weighted by atomic mass is 127. The standard InChI is InChI=1S/C13H17IO4/c1-8(18-9(2)15)5-10-6-11(16-3)13(14)12(7-10)17-4/h6-8H,5H2,1-4H3/t8-/m0/s1. The molecule has 0 heterocycles. The van der Waals surface area contributed by atoms with Gasteiger partial charge in [0.2, 0.25) is 0 Å². The van der Waals surface area contributed by atoms with Gasteiger partial charge >= 0.3 is 5.97 Å². The van der Waals surface area contributed by atoms with Crippen LogP contribution in [0, 0.1) is 3.57 Å². The van der Waals surface area contributed by atoms with Crippen molar-refractivity contribution in [2.45, 2.75) is 26.4 Å². The molecular formula is C13H17IO4. The number of hydrogen-bond donors (Lipinski definition) is 0. The first-order chi connectivity index (χ1) is 8.47. The molecule has 0 aliphatic heterocycles. The van der Waals surface area contributed by atoms with Crippen molar-refractivity contribution in [2.75, 3.05) is 14.2 Å².